The fraction of sp³-hybridized carbons (Fsp3) is 0.105. The van der Waals surface area contributed by atoms with Crippen molar-refractivity contribution in [3.8, 4) is 0 Å². The van der Waals surface area contributed by atoms with E-state index in [1.54, 1.807) is 11.0 Å². The van der Waals surface area contributed by atoms with Gasteiger partial charge in [0.25, 0.3) is 5.91 Å². The first-order valence-corrected chi connectivity index (χ1v) is 7.19. The van der Waals surface area contributed by atoms with E-state index < -0.39 is 0 Å². The lowest BCUT2D eigenvalue weighted by molar-refractivity contribution is 0.0984. The van der Waals surface area contributed by atoms with Crippen molar-refractivity contribution in [3.05, 3.63) is 89.9 Å². The summed E-state index contributed by atoms with van der Waals surface area (Å²) in [5.74, 6) is -0.0681. The van der Waals surface area contributed by atoms with E-state index in [1.807, 2.05) is 61.5 Å². The molecule has 0 spiro atoms. The molecule has 1 amide bonds. The molecule has 3 heteroatoms. The number of furan rings is 1. The second kappa shape index (κ2) is 6.31. The molecule has 0 bridgehead atoms. The van der Waals surface area contributed by atoms with Crippen LogP contribution in [0.25, 0.3) is 0 Å². The van der Waals surface area contributed by atoms with Gasteiger partial charge in [0, 0.05) is 5.69 Å². The fourth-order valence-corrected chi connectivity index (χ4v) is 2.31. The van der Waals surface area contributed by atoms with Crippen molar-refractivity contribution in [2.24, 2.45) is 0 Å². The first-order chi connectivity index (χ1) is 10.7. The van der Waals surface area contributed by atoms with Crippen LogP contribution in [0.5, 0.6) is 0 Å². The highest BCUT2D eigenvalue weighted by Gasteiger charge is 2.19. The zero-order chi connectivity index (χ0) is 15.4. The quantitative estimate of drug-likeness (QED) is 0.712. The van der Waals surface area contributed by atoms with E-state index in [2.05, 4.69) is 0 Å². The third kappa shape index (κ3) is 3.09. The lowest BCUT2D eigenvalue weighted by Gasteiger charge is -2.22. The van der Waals surface area contributed by atoms with Gasteiger partial charge in [-0.2, -0.15) is 0 Å². The Labute approximate surface area is 129 Å². The molecule has 3 nitrogen and oxygen atoms in total. The van der Waals surface area contributed by atoms with Crippen molar-refractivity contribution in [1.82, 2.24) is 0 Å². The number of carbonyl (C=O) groups is 1. The zero-order valence-electron chi connectivity index (χ0n) is 12.4. The Morgan fingerprint density at radius 2 is 1.73 bits per heavy atom. The van der Waals surface area contributed by atoms with E-state index in [-0.39, 0.29) is 5.91 Å². The number of benzene rings is 2. The molecule has 3 rings (SSSR count). The molecule has 0 saturated heterocycles. The molecule has 1 heterocycles. The van der Waals surface area contributed by atoms with E-state index in [0.29, 0.717) is 12.1 Å². The molecule has 2 aromatic carbocycles. The average molecular weight is 291 g/mol. The Kier molecular flexibility index (Phi) is 4.05. The van der Waals surface area contributed by atoms with Gasteiger partial charge in [-0.15, -0.1) is 0 Å². The van der Waals surface area contributed by atoms with Crippen LogP contribution in [0.3, 0.4) is 0 Å². The van der Waals surface area contributed by atoms with Crippen LogP contribution in [0.15, 0.2) is 77.6 Å². The van der Waals surface area contributed by atoms with E-state index in [9.17, 15) is 4.79 Å². The standard InChI is InChI=1S/C19H17NO2/c1-15-7-9-18(10-8-15)20(13-16-5-3-2-4-6-16)19(21)17-11-12-22-14-17/h2-12,14H,13H2,1H3. The molecule has 0 atom stereocenters. The molecule has 0 aliphatic rings. The highest BCUT2D eigenvalue weighted by Crippen LogP contribution is 2.21. The number of carbonyl (C=O) groups excluding carboxylic acids is 1. The molecule has 22 heavy (non-hydrogen) atoms. The van der Waals surface area contributed by atoms with Gasteiger partial charge in [0.05, 0.1) is 18.4 Å². The third-order valence-electron chi connectivity index (χ3n) is 3.54. The van der Waals surface area contributed by atoms with Gasteiger partial charge in [-0.25, -0.2) is 0 Å². The Hall–Kier alpha value is -2.81. The third-order valence-corrected chi connectivity index (χ3v) is 3.54. The van der Waals surface area contributed by atoms with Gasteiger partial charge in [-0.05, 0) is 30.7 Å². The summed E-state index contributed by atoms with van der Waals surface area (Å²) in [4.78, 5) is 14.5. The number of anilines is 1. The number of amides is 1. The molecule has 0 radical (unpaired) electrons. The van der Waals surface area contributed by atoms with Crippen molar-refractivity contribution in [3.63, 3.8) is 0 Å². The number of hydrogen-bond donors (Lipinski definition) is 0. The predicted molar refractivity (Wildman–Crippen MR) is 86.8 cm³/mol. The second-order valence-electron chi connectivity index (χ2n) is 5.22. The maximum absolute atomic E-state index is 12.8. The second-order valence-corrected chi connectivity index (χ2v) is 5.22. The van der Waals surface area contributed by atoms with Gasteiger partial charge in [-0.1, -0.05) is 48.0 Å². The van der Waals surface area contributed by atoms with Crippen molar-refractivity contribution < 1.29 is 9.21 Å². The minimum absolute atomic E-state index is 0.0681. The molecule has 1 aromatic heterocycles. The highest BCUT2D eigenvalue weighted by atomic mass is 16.3. The van der Waals surface area contributed by atoms with E-state index >= 15 is 0 Å². The Balaban J connectivity index is 1.94. The summed E-state index contributed by atoms with van der Waals surface area (Å²) in [5.41, 5.74) is 3.68. The molecule has 0 unspecified atom stereocenters. The summed E-state index contributed by atoms with van der Waals surface area (Å²) in [5, 5.41) is 0. The van der Waals surface area contributed by atoms with Crippen LogP contribution in [0, 0.1) is 6.92 Å². The van der Waals surface area contributed by atoms with Crippen LogP contribution < -0.4 is 4.90 Å². The largest absolute Gasteiger partial charge is 0.472 e. The number of rotatable bonds is 4. The minimum Gasteiger partial charge on any atom is -0.472 e. The molecule has 0 saturated carbocycles. The fourth-order valence-electron chi connectivity index (χ4n) is 2.31. The van der Waals surface area contributed by atoms with Gasteiger partial charge in [0.1, 0.15) is 6.26 Å². The smallest absolute Gasteiger partial charge is 0.261 e. The van der Waals surface area contributed by atoms with Crippen LogP contribution in [0.2, 0.25) is 0 Å². The van der Waals surface area contributed by atoms with Crippen molar-refractivity contribution in [2.75, 3.05) is 4.90 Å². The zero-order valence-corrected chi connectivity index (χ0v) is 12.4. The van der Waals surface area contributed by atoms with Gasteiger partial charge < -0.3 is 9.32 Å². The van der Waals surface area contributed by atoms with Gasteiger partial charge in [-0.3, -0.25) is 4.79 Å². The lowest BCUT2D eigenvalue weighted by Crippen LogP contribution is -2.30. The molecule has 0 fully saturated rings. The number of hydrogen-bond acceptors (Lipinski definition) is 2. The Morgan fingerprint density at radius 3 is 2.36 bits per heavy atom. The van der Waals surface area contributed by atoms with Crippen LogP contribution in [-0.2, 0) is 6.54 Å². The van der Waals surface area contributed by atoms with Gasteiger partial charge in [0.15, 0.2) is 0 Å². The van der Waals surface area contributed by atoms with Crippen molar-refractivity contribution >= 4 is 11.6 Å². The maximum atomic E-state index is 12.8. The summed E-state index contributed by atoms with van der Waals surface area (Å²) >= 11 is 0. The molecular weight excluding hydrogens is 274 g/mol. The topological polar surface area (TPSA) is 33.5 Å². The maximum Gasteiger partial charge on any atom is 0.261 e. The summed E-state index contributed by atoms with van der Waals surface area (Å²) in [6, 6.07) is 19.6. The summed E-state index contributed by atoms with van der Waals surface area (Å²) < 4.78 is 5.04. The molecule has 110 valence electrons. The van der Waals surface area contributed by atoms with Gasteiger partial charge in [0.2, 0.25) is 0 Å². The van der Waals surface area contributed by atoms with Crippen LogP contribution in [-0.4, -0.2) is 5.91 Å². The normalized spacial score (nSPS) is 10.4. The molecule has 0 N–H and O–H groups in total. The Morgan fingerprint density at radius 1 is 1.00 bits per heavy atom. The minimum atomic E-state index is -0.0681. The van der Waals surface area contributed by atoms with E-state index in [1.165, 1.54) is 18.1 Å². The first kappa shape index (κ1) is 14.1. The van der Waals surface area contributed by atoms with Gasteiger partial charge >= 0.3 is 0 Å². The monoisotopic (exact) mass is 291 g/mol. The molecule has 0 aliphatic heterocycles. The van der Waals surface area contributed by atoms with Crippen LogP contribution in [0.1, 0.15) is 21.5 Å². The SMILES string of the molecule is Cc1ccc(N(Cc2ccccc2)C(=O)c2ccoc2)cc1. The summed E-state index contributed by atoms with van der Waals surface area (Å²) in [6.45, 7) is 2.55. The average Bonchev–Trinajstić information content (AvgIpc) is 3.08. The van der Waals surface area contributed by atoms with Crippen LogP contribution >= 0.6 is 0 Å². The lowest BCUT2D eigenvalue weighted by atomic mass is 10.1. The van der Waals surface area contributed by atoms with Crippen molar-refractivity contribution in [1.29, 1.82) is 0 Å². The highest BCUT2D eigenvalue weighted by molar-refractivity contribution is 6.05. The molecular formula is C19H17NO2. The number of aryl methyl sites for hydroxylation is 1. The Bertz CT molecular complexity index is 731. The number of nitrogens with zero attached hydrogens (tertiary/aromatic N) is 1. The summed E-state index contributed by atoms with van der Waals surface area (Å²) in [6.07, 6.45) is 3.00. The van der Waals surface area contributed by atoms with E-state index in [0.717, 1.165) is 11.3 Å². The first-order valence-electron chi connectivity index (χ1n) is 7.19. The summed E-state index contributed by atoms with van der Waals surface area (Å²) in [7, 11) is 0. The van der Waals surface area contributed by atoms with E-state index in [4.69, 9.17) is 4.42 Å². The van der Waals surface area contributed by atoms with Crippen molar-refractivity contribution in [2.45, 2.75) is 13.5 Å². The van der Waals surface area contributed by atoms with Crippen LogP contribution in [0.4, 0.5) is 5.69 Å². The molecule has 3 aromatic rings. The molecule has 0 aliphatic carbocycles. The predicted octanol–water partition coefficient (Wildman–Crippen LogP) is 4.44.